The number of hydrogen-bond donors (Lipinski definition) is 0. The van der Waals surface area contributed by atoms with E-state index in [-0.39, 0.29) is 22.3 Å². The number of halogens is 2. The topological polar surface area (TPSA) is 105 Å². The Kier molecular flexibility index (Phi) is 7.28. The third-order valence-electron chi connectivity index (χ3n) is 5.85. The molecule has 0 saturated carbocycles. The van der Waals surface area contributed by atoms with Gasteiger partial charge in [-0.2, -0.15) is 9.78 Å². The minimum Gasteiger partial charge on any atom is -0.493 e. The van der Waals surface area contributed by atoms with E-state index in [1.165, 1.54) is 27.4 Å². The molecule has 2 heterocycles. The van der Waals surface area contributed by atoms with Crippen molar-refractivity contribution in [3.63, 3.8) is 0 Å². The van der Waals surface area contributed by atoms with E-state index in [1.807, 2.05) is 0 Å². The summed E-state index contributed by atoms with van der Waals surface area (Å²) in [6.07, 6.45) is 0.521. The van der Waals surface area contributed by atoms with Crippen LogP contribution in [0.25, 0.3) is 33.5 Å². The van der Waals surface area contributed by atoms with Crippen LogP contribution in [0.5, 0.6) is 11.5 Å². The lowest BCUT2D eigenvalue weighted by Gasteiger charge is -2.16. The number of carbonyl (C=O) groups excluding carboxylic acids is 1. The molecule has 5 rings (SSSR count). The van der Waals surface area contributed by atoms with E-state index >= 15 is 0 Å². The van der Waals surface area contributed by atoms with Gasteiger partial charge < -0.3 is 18.6 Å². The largest absolute Gasteiger partial charge is 0.493 e. The van der Waals surface area contributed by atoms with E-state index in [0.717, 1.165) is 10.1 Å². The molecule has 1 atom stereocenters. The Bertz CT molecular complexity index is 1810. The molecule has 39 heavy (non-hydrogen) atoms. The van der Waals surface area contributed by atoms with Gasteiger partial charge >= 0.3 is 5.97 Å². The molecule has 198 valence electrons. The zero-order valence-electron chi connectivity index (χ0n) is 21.0. The molecule has 0 aliphatic carbocycles. The lowest BCUT2D eigenvalue weighted by Crippen LogP contribution is -2.25. The smallest absolute Gasteiger partial charge is 0.346 e. The summed E-state index contributed by atoms with van der Waals surface area (Å²) in [5.74, 6) is 0.399. The SMILES string of the molecule is COC(=O)[C@@H](C)Oc1c(Cl)cc(C=Nn2c(-c3cc4cc(Cl)ccc4o3)nc3ccccc3c2=O)cc1OC. The standard InChI is InChI=1S/C28H21Cl2N3O6/c1-15(28(35)37-3)38-25-20(30)10-16(11-23(25)36-2)14-31-33-26(32-21-7-5-4-6-19(21)27(33)34)24-13-17-12-18(29)8-9-22(17)39-24/h4-15H,1-3H3/t15-/m1/s1. The van der Waals surface area contributed by atoms with Crippen LogP contribution >= 0.6 is 23.2 Å². The molecular formula is C28H21Cl2N3O6. The molecule has 0 amide bonds. The molecule has 0 bridgehead atoms. The Morgan fingerprint density at radius 1 is 1.10 bits per heavy atom. The predicted octanol–water partition coefficient (Wildman–Crippen LogP) is 5.95. The minimum absolute atomic E-state index is 0.167. The summed E-state index contributed by atoms with van der Waals surface area (Å²) in [7, 11) is 2.70. The molecule has 0 aliphatic rings. The molecule has 0 N–H and O–H groups in total. The molecule has 0 radical (unpaired) electrons. The number of ether oxygens (including phenoxy) is 3. The number of para-hydroxylation sites is 1. The fraction of sp³-hybridized carbons (Fsp3) is 0.143. The van der Waals surface area contributed by atoms with Crippen molar-refractivity contribution in [2.75, 3.05) is 14.2 Å². The highest BCUT2D eigenvalue weighted by Gasteiger charge is 2.21. The maximum atomic E-state index is 13.5. The van der Waals surface area contributed by atoms with Gasteiger partial charge in [-0.25, -0.2) is 9.78 Å². The van der Waals surface area contributed by atoms with Crippen LogP contribution in [0, 0.1) is 0 Å². The summed E-state index contributed by atoms with van der Waals surface area (Å²) in [4.78, 5) is 30.0. The molecule has 0 spiro atoms. The summed E-state index contributed by atoms with van der Waals surface area (Å²) in [6, 6.07) is 17.1. The number of rotatable bonds is 7. The fourth-order valence-electron chi connectivity index (χ4n) is 3.96. The fourth-order valence-corrected chi connectivity index (χ4v) is 4.40. The monoisotopic (exact) mass is 565 g/mol. The highest BCUT2D eigenvalue weighted by molar-refractivity contribution is 6.32. The van der Waals surface area contributed by atoms with Crippen LogP contribution in [0.1, 0.15) is 12.5 Å². The van der Waals surface area contributed by atoms with Crippen molar-refractivity contribution >= 4 is 57.3 Å². The molecule has 5 aromatic rings. The van der Waals surface area contributed by atoms with Gasteiger partial charge in [0.25, 0.3) is 5.56 Å². The minimum atomic E-state index is -0.913. The third kappa shape index (κ3) is 5.19. The van der Waals surface area contributed by atoms with Gasteiger partial charge in [0, 0.05) is 10.4 Å². The van der Waals surface area contributed by atoms with Crippen molar-refractivity contribution in [1.82, 2.24) is 9.66 Å². The summed E-state index contributed by atoms with van der Waals surface area (Å²) >= 11 is 12.6. The predicted molar refractivity (Wildman–Crippen MR) is 149 cm³/mol. The first-order chi connectivity index (χ1) is 18.8. The van der Waals surface area contributed by atoms with Crippen molar-refractivity contribution in [2.24, 2.45) is 5.10 Å². The maximum Gasteiger partial charge on any atom is 0.346 e. The number of hydrogen-bond acceptors (Lipinski definition) is 8. The van der Waals surface area contributed by atoms with E-state index in [0.29, 0.717) is 32.8 Å². The van der Waals surface area contributed by atoms with Gasteiger partial charge in [0.05, 0.1) is 36.4 Å². The van der Waals surface area contributed by atoms with Crippen molar-refractivity contribution < 1.29 is 23.4 Å². The number of furan rings is 1. The van der Waals surface area contributed by atoms with Crippen LogP contribution < -0.4 is 15.0 Å². The van der Waals surface area contributed by atoms with Gasteiger partial charge in [-0.15, -0.1) is 0 Å². The van der Waals surface area contributed by atoms with Crippen LogP contribution in [-0.2, 0) is 9.53 Å². The quantitative estimate of drug-likeness (QED) is 0.177. The van der Waals surface area contributed by atoms with Gasteiger partial charge in [-0.1, -0.05) is 35.3 Å². The van der Waals surface area contributed by atoms with Crippen molar-refractivity contribution in [3.05, 3.63) is 86.6 Å². The highest BCUT2D eigenvalue weighted by Crippen LogP contribution is 2.37. The molecule has 0 fully saturated rings. The zero-order valence-corrected chi connectivity index (χ0v) is 22.5. The van der Waals surface area contributed by atoms with Gasteiger partial charge in [0.15, 0.2) is 23.4 Å². The Balaban J connectivity index is 1.61. The number of nitrogens with zero attached hydrogens (tertiary/aromatic N) is 3. The molecule has 0 aliphatic heterocycles. The van der Waals surface area contributed by atoms with E-state index in [2.05, 4.69) is 10.1 Å². The number of esters is 1. The van der Waals surface area contributed by atoms with Gasteiger partial charge in [0.1, 0.15) is 5.58 Å². The van der Waals surface area contributed by atoms with Crippen LogP contribution in [0.2, 0.25) is 10.0 Å². The summed E-state index contributed by atoms with van der Waals surface area (Å²) in [6.45, 7) is 1.53. The first kappa shape index (κ1) is 26.3. The number of carbonyl (C=O) groups is 1. The van der Waals surface area contributed by atoms with Crippen LogP contribution in [0.15, 0.2) is 75.0 Å². The lowest BCUT2D eigenvalue weighted by atomic mass is 10.2. The first-order valence-electron chi connectivity index (χ1n) is 11.7. The summed E-state index contributed by atoms with van der Waals surface area (Å²) < 4.78 is 22.9. The van der Waals surface area contributed by atoms with E-state index in [4.69, 9.17) is 41.8 Å². The number of methoxy groups -OCH3 is 2. The number of fused-ring (bicyclic) bond motifs is 2. The Hall–Kier alpha value is -4.34. The highest BCUT2D eigenvalue weighted by atomic mass is 35.5. The van der Waals surface area contributed by atoms with Gasteiger partial charge in [-0.05, 0) is 61.0 Å². The normalized spacial score (nSPS) is 12.2. The average molecular weight is 566 g/mol. The maximum absolute atomic E-state index is 13.5. The third-order valence-corrected chi connectivity index (χ3v) is 6.37. The number of aromatic nitrogens is 2. The second-order valence-corrected chi connectivity index (χ2v) is 9.27. The van der Waals surface area contributed by atoms with Crippen molar-refractivity contribution in [1.29, 1.82) is 0 Å². The molecule has 3 aromatic carbocycles. The Morgan fingerprint density at radius 2 is 1.90 bits per heavy atom. The van der Waals surface area contributed by atoms with Crippen LogP contribution in [0.3, 0.4) is 0 Å². The van der Waals surface area contributed by atoms with Gasteiger partial charge in [0.2, 0.25) is 5.82 Å². The van der Waals surface area contributed by atoms with E-state index in [1.54, 1.807) is 60.7 Å². The molecule has 0 unspecified atom stereocenters. The number of benzene rings is 3. The Morgan fingerprint density at radius 3 is 2.67 bits per heavy atom. The molecule has 11 heteroatoms. The second kappa shape index (κ2) is 10.8. The summed E-state index contributed by atoms with van der Waals surface area (Å²) in [5, 5.41) is 6.30. The Labute approximate surface area is 232 Å². The van der Waals surface area contributed by atoms with E-state index < -0.39 is 17.6 Å². The van der Waals surface area contributed by atoms with Crippen LogP contribution in [0.4, 0.5) is 0 Å². The van der Waals surface area contributed by atoms with E-state index in [9.17, 15) is 9.59 Å². The van der Waals surface area contributed by atoms with Gasteiger partial charge in [-0.3, -0.25) is 4.79 Å². The van der Waals surface area contributed by atoms with Crippen molar-refractivity contribution in [3.8, 4) is 23.1 Å². The zero-order chi connectivity index (χ0) is 27.7. The molecule has 9 nitrogen and oxygen atoms in total. The van der Waals surface area contributed by atoms with Crippen LogP contribution in [-0.4, -0.2) is 42.2 Å². The average Bonchev–Trinajstić information content (AvgIpc) is 3.36. The second-order valence-electron chi connectivity index (χ2n) is 8.42. The summed E-state index contributed by atoms with van der Waals surface area (Å²) in [5.41, 5.74) is 1.18. The molecule has 0 saturated heterocycles. The molecule has 2 aromatic heterocycles. The lowest BCUT2D eigenvalue weighted by molar-refractivity contribution is -0.147. The first-order valence-corrected chi connectivity index (χ1v) is 12.4. The molecular weight excluding hydrogens is 545 g/mol. The van der Waals surface area contributed by atoms with Crippen molar-refractivity contribution in [2.45, 2.75) is 13.0 Å².